The van der Waals surface area contributed by atoms with Gasteiger partial charge in [-0.15, -0.1) is 0 Å². The summed E-state index contributed by atoms with van der Waals surface area (Å²) < 4.78 is 0. The van der Waals surface area contributed by atoms with Gasteiger partial charge < -0.3 is 5.11 Å². The van der Waals surface area contributed by atoms with Crippen molar-refractivity contribution >= 4 is 12.5 Å². The first kappa shape index (κ1) is 9.94. The summed E-state index contributed by atoms with van der Waals surface area (Å²) in [5, 5.41) is 8.38. The Hall–Kier alpha value is -1.06. The van der Waals surface area contributed by atoms with Crippen molar-refractivity contribution in [3.63, 3.8) is 0 Å². The first-order valence-electron chi connectivity index (χ1n) is 3.50. The maximum absolute atomic E-state index is 10.2. The molecule has 11 heavy (non-hydrogen) atoms. The lowest BCUT2D eigenvalue weighted by atomic mass is 10.1. The largest absolute Gasteiger partial charge is 0.465 e. The van der Waals surface area contributed by atoms with Crippen LogP contribution in [0.25, 0.3) is 0 Å². The van der Waals surface area contributed by atoms with Gasteiger partial charge in [0.15, 0.2) is 0 Å². The first-order chi connectivity index (χ1) is 5.11. The highest BCUT2D eigenvalue weighted by atomic mass is 16.4. The maximum Gasteiger partial charge on any atom is 0.414 e. The topological polar surface area (TPSA) is 57.6 Å². The smallest absolute Gasteiger partial charge is 0.414 e. The number of carbonyl (C=O) groups is 1. The Labute approximate surface area is 65.8 Å². The lowest BCUT2D eigenvalue weighted by Crippen LogP contribution is -2.31. The summed E-state index contributed by atoms with van der Waals surface area (Å²) in [5.41, 5.74) is 0. The van der Waals surface area contributed by atoms with E-state index in [1.165, 1.54) is 6.41 Å². The molecule has 1 radical (unpaired) electrons. The normalized spacial score (nSPS) is 12.2. The van der Waals surface area contributed by atoms with Crippen molar-refractivity contribution in [1.82, 2.24) is 4.90 Å². The number of hydrogen-bond donors (Lipinski definition) is 1. The third kappa shape index (κ3) is 3.60. The molecule has 4 heteroatoms. The zero-order valence-electron chi connectivity index (χ0n) is 6.70. The molecule has 1 atom stereocenters. The van der Waals surface area contributed by atoms with Gasteiger partial charge in [-0.3, -0.25) is 4.79 Å². The summed E-state index contributed by atoms with van der Waals surface area (Å²) in [4.78, 5) is 20.9. The number of imide groups is 1. The summed E-state index contributed by atoms with van der Waals surface area (Å²) in [5.74, 6) is 0.201. The summed E-state index contributed by atoms with van der Waals surface area (Å²) in [6.07, 6.45) is 0.967. The molecule has 0 saturated carbocycles. The van der Waals surface area contributed by atoms with Crippen LogP contribution in [0.4, 0.5) is 4.79 Å². The fraction of sp³-hybridized carbons (Fsp3) is 0.714. The highest BCUT2D eigenvalue weighted by Crippen LogP contribution is 2.02. The molecule has 0 spiro atoms. The lowest BCUT2D eigenvalue weighted by molar-refractivity contribution is 0.162. The van der Waals surface area contributed by atoms with Crippen LogP contribution >= 0.6 is 0 Å². The van der Waals surface area contributed by atoms with Gasteiger partial charge in [0, 0.05) is 6.54 Å². The SMILES string of the molecule is CCC(C)CN([C]=O)C(=O)O. The van der Waals surface area contributed by atoms with Crippen LogP contribution in [0.2, 0.25) is 0 Å². The Morgan fingerprint density at radius 2 is 2.27 bits per heavy atom. The zero-order valence-corrected chi connectivity index (χ0v) is 6.70. The molecular formula is C7H12NO3. The van der Waals surface area contributed by atoms with Crippen molar-refractivity contribution in [2.75, 3.05) is 6.54 Å². The molecule has 0 aliphatic heterocycles. The van der Waals surface area contributed by atoms with Crippen molar-refractivity contribution in [2.24, 2.45) is 5.92 Å². The molecule has 4 nitrogen and oxygen atoms in total. The number of carboxylic acid groups (broad SMARTS) is 1. The molecule has 2 amide bonds. The van der Waals surface area contributed by atoms with E-state index in [1.807, 2.05) is 13.8 Å². The molecule has 0 rings (SSSR count). The second-order valence-electron chi connectivity index (χ2n) is 2.50. The molecule has 0 aliphatic rings. The molecule has 0 bridgehead atoms. The van der Waals surface area contributed by atoms with Crippen LogP contribution in [0.3, 0.4) is 0 Å². The molecule has 63 valence electrons. The van der Waals surface area contributed by atoms with Gasteiger partial charge in [-0.25, -0.2) is 9.69 Å². The molecule has 0 aromatic heterocycles. The molecule has 0 saturated heterocycles. The van der Waals surface area contributed by atoms with E-state index >= 15 is 0 Å². The summed E-state index contributed by atoms with van der Waals surface area (Å²) in [7, 11) is 0. The molecule has 1 N–H and O–H groups in total. The van der Waals surface area contributed by atoms with Crippen LogP contribution < -0.4 is 0 Å². The van der Waals surface area contributed by atoms with E-state index in [0.29, 0.717) is 4.90 Å². The van der Waals surface area contributed by atoms with E-state index in [-0.39, 0.29) is 12.5 Å². The Balaban J connectivity index is 3.87. The van der Waals surface area contributed by atoms with Crippen LogP contribution in [0.15, 0.2) is 0 Å². The average Bonchev–Trinajstić information content (AvgIpc) is 1.99. The fourth-order valence-electron chi connectivity index (χ4n) is 0.595. The fourth-order valence-corrected chi connectivity index (χ4v) is 0.595. The number of amides is 2. The minimum atomic E-state index is -1.24. The second-order valence-corrected chi connectivity index (χ2v) is 2.50. The van der Waals surface area contributed by atoms with E-state index in [0.717, 1.165) is 6.42 Å². The molecule has 1 unspecified atom stereocenters. The van der Waals surface area contributed by atoms with Crippen molar-refractivity contribution in [3.8, 4) is 0 Å². The van der Waals surface area contributed by atoms with Crippen molar-refractivity contribution in [1.29, 1.82) is 0 Å². The molecule has 0 heterocycles. The predicted molar refractivity (Wildman–Crippen MR) is 39.9 cm³/mol. The van der Waals surface area contributed by atoms with Gasteiger partial charge in [-0.1, -0.05) is 20.3 Å². The van der Waals surface area contributed by atoms with E-state index in [1.54, 1.807) is 0 Å². The lowest BCUT2D eigenvalue weighted by Gasteiger charge is -2.14. The van der Waals surface area contributed by atoms with Crippen molar-refractivity contribution in [2.45, 2.75) is 20.3 Å². The Bertz CT molecular complexity index is 147. The maximum atomic E-state index is 10.2. The Kier molecular flexibility index (Phi) is 4.26. The zero-order chi connectivity index (χ0) is 8.85. The van der Waals surface area contributed by atoms with Gasteiger partial charge in [-0.2, -0.15) is 0 Å². The predicted octanol–water partition coefficient (Wildman–Crippen LogP) is 1.08. The van der Waals surface area contributed by atoms with Crippen LogP contribution in [0.5, 0.6) is 0 Å². The molecule has 0 aromatic rings. The summed E-state index contributed by atoms with van der Waals surface area (Å²) in [6.45, 7) is 4.05. The third-order valence-corrected chi connectivity index (χ3v) is 1.53. The molecule has 0 aliphatic carbocycles. The van der Waals surface area contributed by atoms with E-state index in [9.17, 15) is 9.59 Å². The van der Waals surface area contributed by atoms with Crippen molar-refractivity contribution < 1.29 is 14.7 Å². The quantitative estimate of drug-likeness (QED) is 0.623. The number of rotatable bonds is 4. The minimum absolute atomic E-state index is 0.201. The number of carbonyl (C=O) groups excluding carboxylic acids is 1. The monoisotopic (exact) mass is 158 g/mol. The Morgan fingerprint density at radius 3 is 2.55 bits per heavy atom. The second kappa shape index (κ2) is 4.71. The average molecular weight is 158 g/mol. The van der Waals surface area contributed by atoms with Crippen LogP contribution in [-0.4, -0.2) is 29.1 Å². The van der Waals surface area contributed by atoms with Gasteiger partial charge in [-0.05, 0) is 5.92 Å². The van der Waals surface area contributed by atoms with Gasteiger partial charge in [0.25, 0.3) is 0 Å². The third-order valence-electron chi connectivity index (χ3n) is 1.53. The number of hydrogen-bond acceptors (Lipinski definition) is 2. The summed E-state index contributed by atoms with van der Waals surface area (Å²) >= 11 is 0. The van der Waals surface area contributed by atoms with Gasteiger partial charge in [0.05, 0.1) is 0 Å². The van der Waals surface area contributed by atoms with E-state index in [2.05, 4.69) is 0 Å². The standard InChI is InChI=1S/C7H12NO3/c1-3-6(2)4-8(5-9)7(10)11/h6H,3-4H2,1-2H3,(H,10,11). The first-order valence-corrected chi connectivity index (χ1v) is 3.50. The number of nitrogens with zero attached hydrogens (tertiary/aromatic N) is 1. The highest BCUT2D eigenvalue weighted by molar-refractivity contribution is 5.78. The Morgan fingerprint density at radius 1 is 1.73 bits per heavy atom. The molecule has 0 aromatic carbocycles. The van der Waals surface area contributed by atoms with Crippen LogP contribution in [-0.2, 0) is 4.79 Å². The summed E-state index contributed by atoms with van der Waals surface area (Å²) in [6, 6.07) is 0. The minimum Gasteiger partial charge on any atom is -0.465 e. The van der Waals surface area contributed by atoms with E-state index < -0.39 is 6.09 Å². The molecular weight excluding hydrogens is 146 g/mol. The van der Waals surface area contributed by atoms with Gasteiger partial charge in [0.1, 0.15) is 0 Å². The van der Waals surface area contributed by atoms with Crippen molar-refractivity contribution in [3.05, 3.63) is 0 Å². The molecule has 0 fully saturated rings. The van der Waals surface area contributed by atoms with Gasteiger partial charge >= 0.3 is 12.5 Å². The van der Waals surface area contributed by atoms with Crippen LogP contribution in [0.1, 0.15) is 20.3 Å². The van der Waals surface area contributed by atoms with Gasteiger partial charge in [0.2, 0.25) is 0 Å². The highest BCUT2D eigenvalue weighted by Gasteiger charge is 2.13. The van der Waals surface area contributed by atoms with Crippen LogP contribution in [0, 0.1) is 5.92 Å². The van der Waals surface area contributed by atoms with E-state index in [4.69, 9.17) is 5.11 Å².